The average Bonchev–Trinajstić information content (AvgIpc) is 3.45. The zero-order chi connectivity index (χ0) is 19.8. The Labute approximate surface area is 168 Å². The van der Waals surface area contributed by atoms with Crippen molar-refractivity contribution in [1.29, 1.82) is 0 Å². The zero-order valence-electron chi connectivity index (χ0n) is 16.6. The van der Waals surface area contributed by atoms with Crippen molar-refractivity contribution < 1.29 is 0 Å². The SMILES string of the molecule is Cc1ccc(Cc2nnc([C@@H]3CC[C@H](Nc4ncnc5[nH]ncc45)C3)n2C)cc1. The molecule has 2 atom stereocenters. The minimum absolute atomic E-state index is 0.352. The summed E-state index contributed by atoms with van der Waals surface area (Å²) in [6, 6.07) is 8.97. The Hall–Kier alpha value is -3.29. The minimum Gasteiger partial charge on any atom is -0.367 e. The summed E-state index contributed by atoms with van der Waals surface area (Å²) in [6.07, 6.45) is 7.32. The third-order valence-corrected chi connectivity index (χ3v) is 5.87. The second-order valence-electron chi connectivity index (χ2n) is 7.90. The quantitative estimate of drug-likeness (QED) is 0.545. The molecule has 8 nitrogen and oxygen atoms in total. The molecule has 0 bridgehead atoms. The van der Waals surface area contributed by atoms with E-state index in [2.05, 4.69) is 78.5 Å². The minimum atomic E-state index is 0.352. The van der Waals surface area contributed by atoms with Crippen molar-refractivity contribution in [1.82, 2.24) is 34.9 Å². The molecule has 0 radical (unpaired) electrons. The lowest BCUT2D eigenvalue weighted by Gasteiger charge is -2.14. The van der Waals surface area contributed by atoms with E-state index in [0.717, 1.165) is 54.2 Å². The normalized spacial score (nSPS) is 19.1. The fraction of sp³-hybridized carbons (Fsp3) is 0.381. The number of fused-ring (bicyclic) bond motifs is 1. The Balaban J connectivity index is 1.28. The first-order chi connectivity index (χ1) is 14.2. The van der Waals surface area contributed by atoms with Gasteiger partial charge in [-0.15, -0.1) is 10.2 Å². The Morgan fingerprint density at radius 3 is 2.86 bits per heavy atom. The summed E-state index contributed by atoms with van der Waals surface area (Å²) < 4.78 is 2.17. The summed E-state index contributed by atoms with van der Waals surface area (Å²) in [5.74, 6) is 3.33. The van der Waals surface area contributed by atoms with E-state index in [1.54, 1.807) is 12.5 Å². The van der Waals surface area contributed by atoms with Crippen LogP contribution in [0.2, 0.25) is 0 Å². The highest BCUT2D eigenvalue weighted by atomic mass is 15.3. The van der Waals surface area contributed by atoms with E-state index < -0.39 is 0 Å². The van der Waals surface area contributed by atoms with Crippen molar-refractivity contribution in [3.8, 4) is 0 Å². The zero-order valence-corrected chi connectivity index (χ0v) is 16.6. The number of H-pyrrole nitrogens is 1. The van der Waals surface area contributed by atoms with Crippen LogP contribution in [0.3, 0.4) is 0 Å². The first-order valence-corrected chi connectivity index (χ1v) is 10.0. The highest BCUT2D eigenvalue weighted by Gasteiger charge is 2.30. The Morgan fingerprint density at radius 2 is 2.00 bits per heavy atom. The van der Waals surface area contributed by atoms with Crippen molar-refractivity contribution in [2.75, 3.05) is 5.32 Å². The third kappa shape index (κ3) is 3.46. The molecule has 3 aromatic heterocycles. The second kappa shape index (κ2) is 7.27. The molecule has 148 valence electrons. The maximum absolute atomic E-state index is 4.54. The molecule has 1 aliphatic rings. The highest BCUT2D eigenvalue weighted by Crippen LogP contribution is 2.35. The van der Waals surface area contributed by atoms with Crippen LogP contribution in [-0.2, 0) is 13.5 Å². The molecule has 4 aromatic rings. The van der Waals surface area contributed by atoms with Crippen LogP contribution in [0.5, 0.6) is 0 Å². The molecule has 2 N–H and O–H groups in total. The van der Waals surface area contributed by atoms with E-state index in [0.29, 0.717) is 12.0 Å². The van der Waals surface area contributed by atoms with Gasteiger partial charge in [0.05, 0.1) is 11.6 Å². The van der Waals surface area contributed by atoms with Crippen molar-refractivity contribution in [3.05, 3.63) is 59.6 Å². The lowest BCUT2D eigenvalue weighted by atomic mass is 10.1. The van der Waals surface area contributed by atoms with Gasteiger partial charge >= 0.3 is 0 Å². The molecule has 0 unspecified atom stereocenters. The topological polar surface area (TPSA) is 97.2 Å². The van der Waals surface area contributed by atoms with Gasteiger partial charge in [0.1, 0.15) is 23.8 Å². The van der Waals surface area contributed by atoms with Gasteiger partial charge in [-0.05, 0) is 31.7 Å². The average molecular weight is 388 g/mol. The lowest BCUT2D eigenvalue weighted by molar-refractivity contribution is 0.616. The molecule has 29 heavy (non-hydrogen) atoms. The van der Waals surface area contributed by atoms with E-state index in [1.165, 1.54) is 11.1 Å². The first-order valence-electron chi connectivity index (χ1n) is 10.0. The van der Waals surface area contributed by atoms with Gasteiger partial charge in [-0.3, -0.25) is 5.10 Å². The number of aromatic amines is 1. The van der Waals surface area contributed by atoms with Crippen molar-refractivity contribution in [2.45, 2.75) is 44.6 Å². The van der Waals surface area contributed by atoms with Gasteiger partial charge < -0.3 is 9.88 Å². The summed E-state index contributed by atoms with van der Waals surface area (Å²) in [5, 5.41) is 20.5. The Bertz CT molecular complexity index is 1130. The molecule has 1 aromatic carbocycles. The molecule has 5 rings (SSSR count). The third-order valence-electron chi connectivity index (χ3n) is 5.87. The van der Waals surface area contributed by atoms with E-state index in [9.17, 15) is 0 Å². The maximum Gasteiger partial charge on any atom is 0.160 e. The van der Waals surface area contributed by atoms with Crippen LogP contribution in [0.25, 0.3) is 11.0 Å². The number of hydrogen-bond donors (Lipinski definition) is 2. The number of aryl methyl sites for hydroxylation is 1. The number of aromatic nitrogens is 7. The predicted octanol–water partition coefficient (Wildman–Crippen LogP) is 3.13. The summed E-state index contributed by atoms with van der Waals surface area (Å²) in [6.45, 7) is 2.10. The first kappa shape index (κ1) is 17.8. The van der Waals surface area contributed by atoms with Gasteiger partial charge in [0, 0.05) is 25.4 Å². The lowest BCUT2D eigenvalue weighted by Crippen LogP contribution is -2.17. The van der Waals surface area contributed by atoms with Crippen molar-refractivity contribution in [2.24, 2.45) is 7.05 Å². The van der Waals surface area contributed by atoms with Gasteiger partial charge in [0.25, 0.3) is 0 Å². The number of nitrogens with one attached hydrogen (secondary N) is 2. The maximum atomic E-state index is 4.54. The highest BCUT2D eigenvalue weighted by molar-refractivity contribution is 5.85. The van der Waals surface area contributed by atoms with Crippen LogP contribution in [-0.4, -0.2) is 41.0 Å². The van der Waals surface area contributed by atoms with Crippen molar-refractivity contribution in [3.63, 3.8) is 0 Å². The fourth-order valence-corrected chi connectivity index (χ4v) is 4.19. The summed E-state index contributed by atoms with van der Waals surface area (Å²) in [7, 11) is 2.08. The standard InChI is InChI=1S/C21H24N8/c1-13-3-5-14(6-4-13)9-18-26-28-21(29(18)2)15-7-8-16(10-15)25-19-17-11-24-27-20(17)23-12-22-19/h3-6,11-12,15-16H,7-10H2,1-2H3,(H2,22,23,24,25,27)/t15-,16+/m1/s1. The molecule has 1 aliphatic carbocycles. The van der Waals surface area contributed by atoms with Gasteiger partial charge in [-0.1, -0.05) is 29.8 Å². The smallest absolute Gasteiger partial charge is 0.160 e. The molecule has 0 amide bonds. The second-order valence-corrected chi connectivity index (χ2v) is 7.90. The van der Waals surface area contributed by atoms with Crippen LogP contribution < -0.4 is 5.32 Å². The number of benzene rings is 1. The monoisotopic (exact) mass is 388 g/mol. The van der Waals surface area contributed by atoms with Crippen LogP contribution in [0.4, 0.5) is 5.82 Å². The number of nitrogens with zero attached hydrogens (tertiary/aromatic N) is 6. The largest absolute Gasteiger partial charge is 0.367 e. The van der Waals surface area contributed by atoms with Crippen molar-refractivity contribution >= 4 is 16.9 Å². The summed E-state index contributed by atoms with van der Waals surface area (Å²) in [4.78, 5) is 8.60. The summed E-state index contributed by atoms with van der Waals surface area (Å²) in [5.41, 5.74) is 3.29. The Kier molecular flexibility index (Phi) is 4.46. The molecule has 0 aliphatic heterocycles. The van der Waals surface area contributed by atoms with Gasteiger partial charge in [-0.25, -0.2) is 9.97 Å². The molecule has 1 fully saturated rings. The molecular formula is C21H24N8. The fourth-order valence-electron chi connectivity index (χ4n) is 4.19. The number of hydrogen-bond acceptors (Lipinski definition) is 6. The van der Waals surface area contributed by atoms with Gasteiger partial charge in [0.2, 0.25) is 0 Å². The van der Waals surface area contributed by atoms with Crippen LogP contribution in [0.1, 0.15) is 48.0 Å². The Morgan fingerprint density at radius 1 is 1.14 bits per heavy atom. The van der Waals surface area contributed by atoms with E-state index in [4.69, 9.17) is 0 Å². The van der Waals surface area contributed by atoms with Gasteiger partial charge in [-0.2, -0.15) is 5.10 Å². The molecule has 0 saturated heterocycles. The van der Waals surface area contributed by atoms with E-state index >= 15 is 0 Å². The van der Waals surface area contributed by atoms with Crippen LogP contribution >= 0.6 is 0 Å². The van der Waals surface area contributed by atoms with E-state index in [1.807, 2.05) is 0 Å². The van der Waals surface area contributed by atoms with E-state index in [-0.39, 0.29) is 0 Å². The predicted molar refractivity (Wildman–Crippen MR) is 111 cm³/mol. The molecule has 8 heteroatoms. The summed E-state index contributed by atoms with van der Waals surface area (Å²) >= 11 is 0. The van der Waals surface area contributed by atoms with Crippen LogP contribution in [0, 0.1) is 6.92 Å². The number of rotatable bonds is 5. The number of anilines is 1. The van der Waals surface area contributed by atoms with Gasteiger partial charge in [0.15, 0.2) is 5.65 Å². The molecule has 1 saturated carbocycles. The van der Waals surface area contributed by atoms with Crippen LogP contribution in [0.15, 0.2) is 36.8 Å². The molecule has 3 heterocycles. The molecule has 0 spiro atoms. The molecular weight excluding hydrogens is 364 g/mol.